The quantitative estimate of drug-likeness (QED) is 0.646. The first kappa shape index (κ1) is 17.1. The number of carbonyl (C=O) groups excluding carboxylic acids is 2. The number of methoxy groups -OCH3 is 2. The zero-order valence-corrected chi connectivity index (χ0v) is 13.6. The molecule has 0 unspecified atom stereocenters. The van der Waals surface area contributed by atoms with E-state index in [0.29, 0.717) is 6.54 Å². The van der Waals surface area contributed by atoms with Crippen LogP contribution in [0.5, 0.6) is 5.75 Å². The van der Waals surface area contributed by atoms with Crippen molar-refractivity contribution in [2.45, 2.75) is 31.1 Å². The fourth-order valence-electron chi connectivity index (χ4n) is 3.09. The van der Waals surface area contributed by atoms with Gasteiger partial charge >= 0.3 is 5.97 Å². The second kappa shape index (κ2) is 7.81. The standard InChI is InChI=1S/C18H23NO4/c1-22-15-8-5-7-14(13-15)18(10-3-4-11-18)17(21)19-12-6-9-16(20)23-2/h5-9,13H,3-4,10-12H2,1-2H3,(H,19,21)/b9-6+. The van der Waals surface area contributed by atoms with Crippen LogP contribution >= 0.6 is 0 Å². The van der Waals surface area contributed by atoms with E-state index >= 15 is 0 Å². The number of hydrogen-bond donors (Lipinski definition) is 1. The Balaban J connectivity index is 2.12. The van der Waals surface area contributed by atoms with Crippen LogP contribution in [-0.4, -0.2) is 32.6 Å². The van der Waals surface area contributed by atoms with Crippen LogP contribution in [0.3, 0.4) is 0 Å². The highest BCUT2D eigenvalue weighted by Gasteiger charge is 2.42. The molecule has 124 valence electrons. The van der Waals surface area contributed by atoms with E-state index in [0.717, 1.165) is 37.0 Å². The second-order valence-electron chi connectivity index (χ2n) is 5.66. The molecule has 5 nitrogen and oxygen atoms in total. The summed E-state index contributed by atoms with van der Waals surface area (Å²) in [6, 6.07) is 7.72. The minimum absolute atomic E-state index is 0.00207. The van der Waals surface area contributed by atoms with Crippen LogP contribution in [-0.2, 0) is 19.7 Å². The molecule has 0 heterocycles. The minimum atomic E-state index is -0.506. The van der Waals surface area contributed by atoms with E-state index in [4.69, 9.17) is 4.74 Å². The highest BCUT2D eigenvalue weighted by molar-refractivity contribution is 5.89. The lowest BCUT2D eigenvalue weighted by atomic mass is 9.78. The summed E-state index contributed by atoms with van der Waals surface area (Å²) in [5.74, 6) is 0.326. The lowest BCUT2D eigenvalue weighted by Gasteiger charge is -2.28. The van der Waals surface area contributed by atoms with Crippen LogP contribution in [0.1, 0.15) is 31.2 Å². The van der Waals surface area contributed by atoms with Crippen LogP contribution in [0.4, 0.5) is 0 Å². The molecule has 0 atom stereocenters. The maximum Gasteiger partial charge on any atom is 0.330 e. The van der Waals surface area contributed by atoms with Gasteiger partial charge in [-0.05, 0) is 30.5 Å². The van der Waals surface area contributed by atoms with Gasteiger partial charge in [0.25, 0.3) is 0 Å². The predicted octanol–water partition coefficient (Wildman–Crippen LogP) is 2.35. The fraction of sp³-hybridized carbons (Fsp3) is 0.444. The lowest BCUT2D eigenvalue weighted by molar-refractivity contribution is -0.135. The van der Waals surface area contributed by atoms with Gasteiger partial charge < -0.3 is 14.8 Å². The molecule has 1 fully saturated rings. The van der Waals surface area contributed by atoms with E-state index in [9.17, 15) is 9.59 Å². The Morgan fingerprint density at radius 1 is 1.26 bits per heavy atom. The Hall–Kier alpha value is -2.30. The van der Waals surface area contributed by atoms with Crippen LogP contribution in [0.15, 0.2) is 36.4 Å². The van der Waals surface area contributed by atoms with Gasteiger partial charge in [-0.2, -0.15) is 0 Å². The first-order valence-electron chi connectivity index (χ1n) is 7.80. The van der Waals surface area contributed by atoms with Crippen molar-refractivity contribution >= 4 is 11.9 Å². The van der Waals surface area contributed by atoms with Crippen molar-refractivity contribution in [2.24, 2.45) is 0 Å². The molecule has 1 saturated carbocycles. The molecule has 0 aromatic heterocycles. The maximum absolute atomic E-state index is 12.8. The zero-order valence-electron chi connectivity index (χ0n) is 13.6. The Labute approximate surface area is 136 Å². The Kier molecular flexibility index (Phi) is 5.79. The maximum atomic E-state index is 12.8. The highest BCUT2D eigenvalue weighted by atomic mass is 16.5. The largest absolute Gasteiger partial charge is 0.497 e. The number of ether oxygens (including phenoxy) is 2. The van der Waals surface area contributed by atoms with Gasteiger partial charge in [-0.1, -0.05) is 31.1 Å². The highest BCUT2D eigenvalue weighted by Crippen LogP contribution is 2.42. The summed E-state index contributed by atoms with van der Waals surface area (Å²) in [5.41, 5.74) is 0.483. The van der Waals surface area contributed by atoms with Crippen LogP contribution in [0.25, 0.3) is 0 Å². The van der Waals surface area contributed by atoms with Gasteiger partial charge in [0, 0.05) is 12.6 Å². The summed E-state index contributed by atoms with van der Waals surface area (Å²) in [5, 5.41) is 2.91. The molecule has 0 saturated heterocycles. The van der Waals surface area contributed by atoms with Gasteiger partial charge in [0.05, 0.1) is 19.6 Å². The topological polar surface area (TPSA) is 64.6 Å². The van der Waals surface area contributed by atoms with Crippen molar-refractivity contribution in [1.29, 1.82) is 0 Å². The van der Waals surface area contributed by atoms with Crippen molar-refractivity contribution < 1.29 is 19.1 Å². The molecular weight excluding hydrogens is 294 g/mol. The molecule has 2 rings (SSSR count). The van der Waals surface area contributed by atoms with Crippen molar-refractivity contribution in [2.75, 3.05) is 20.8 Å². The Bertz CT molecular complexity index is 588. The number of carbonyl (C=O) groups is 2. The van der Waals surface area contributed by atoms with Crippen molar-refractivity contribution in [3.8, 4) is 5.75 Å². The lowest BCUT2D eigenvalue weighted by Crippen LogP contribution is -2.42. The van der Waals surface area contributed by atoms with Gasteiger partial charge in [0.2, 0.25) is 5.91 Å². The first-order valence-corrected chi connectivity index (χ1v) is 7.80. The summed E-state index contributed by atoms with van der Waals surface area (Å²) >= 11 is 0. The summed E-state index contributed by atoms with van der Waals surface area (Å²) in [6.45, 7) is 0.305. The molecule has 23 heavy (non-hydrogen) atoms. The zero-order chi connectivity index (χ0) is 16.7. The molecule has 0 spiro atoms. The molecule has 1 aliphatic rings. The molecule has 1 N–H and O–H groups in total. The third kappa shape index (κ3) is 3.92. The molecule has 0 aliphatic heterocycles. The Morgan fingerprint density at radius 2 is 2.00 bits per heavy atom. The first-order chi connectivity index (χ1) is 11.1. The van der Waals surface area contributed by atoms with Gasteiger partial charge in [0.1, 0.15) is 5.75 Å². The molecule has 0 bridgehead atoms. The minimum Gasteiger partial charge on any atom is -0.497 e. The molecule has 1 aromatic carbocycles. The normalized spacial score (nSPS) is 16.3. The molecule has 1 aromatic rings. The van der Waals surface area contributed by atoms with Gasteiger partial charge in [-0.3, -0.25) is 4.79 Å². The number of amides is 1. The Morgan fingerprint density at radius 3 is 2.65 bits per heavy atom. The molecule has 1 aliphatic carbocycles. The average molecular weight is 317 g/mol. The van der Waals surface area contributed by atoms with Gasteiger partial charge in [-0.15, -0.1) is 0 Å². The van der Waals surface area contributed by atoms with Crippen LogP contribution in [0, 0.1) is 0 Å². The fourth-order valence-corrected chi connectivity index (χ4v) is 3.09. The van der Waals surface area contributed by atoms with Gasteiger partial charge in [-0.25, -0.2) is 4.79 Å². The van der Waals surface area contributed by atoms with Crippen LogP contribution < -0.4 is 10.1 Å². The third-order valence-corrected chi connectivity index (χ3v) is 4.35. The smallest absolute Gasteiger partial charge is 0.330 e. The van der Waals surface area contributed by atoms with E-state index < -0.39 is 11.4 Å². The number of rotatable bonds is 6. The predicted molar refractivity (Wildman–Crippen MR) is 87.3 cm³/mol. The molecular formula is C18H23NO4. The van der Waals surface area contributed by atoms with E-state index in [1.807, 2.05) is 24.3 Å². The number of esters is 1. The number of hydrogen-bond acceptors (Lipinski definition) is 4. The SMILES string of the molecule is COC(=O)/C=C/CNC(=O)C1(c2cccc(OC)c2)CCCC1. The van der Waals surface area contributed by atoms with Crippen molar-refractivity contribution in [3.05, 3.63) is 42.0 Å². The van der Waals surface area contributed by atoms with E-state index in [-0.39, 0.29) is 5.91 Å². The van der Waals surface area contributed by atoms with Gasteiger partial charge in [0.15, 0.2) is 0 Å². The summed E-state index contributed by atoms with van der Waals surface area (Å²) in [7, 11) is 2.94. The van der Waals surface area contributed by atoms with E-state index in [1.165, 1.54) is 13.2 Å². The number of benzene rings is 1. The second-order valence-corrected chi connectivity index (χ2v) is 5.66. The van der Waals surface area contributed by atoms with E-state index in [2.05, 4.69) is 10.1 Å². The molecule has 5 heteroatoms. The van der Waals surface area contributed by atoms with Crippen LogP contribution in [0.2, 0.25) is 0 Å². The summed E-state index contributed by atoms with van der Waals surface area (Å²) in [6.07, 6.45) is 6.62. The molecule has 1 amide bonds. The third-order valence-electron chi connectivity index (χ3n) is 4.35. The van der Waals surface area contributed by atoms with Crippen molar-refractivity contribution in [1.82, 2.24) is 5.32 Å². The summed E-state index contributed by atoms with van der Waals surface area (Å²) in [4.78, 5) is 23.8. The van der Waals surface area contributed by atoms with E-state index in [1.54, 1.807) is 13.2 Å². The summed E-state index contributed by atoms with van der Waals surface area (Å²) < 4.78 is 9.80. The molecule has 0 radical (unpaired) electrons. The van der Waals surface area contributed by atoms with Crippen molar-refractivity contribution in [3.63, 3.8) is 0 Å². The number of nitrogens with one attached hydrogen (secondary N) is 1. The monoisotopic (exact) mass is 317 g/mol. The average Bonchev–Trinajstić information content (AvgIpc) is 3.09.